The van der Waals surface area contributed by atoms with Gasteiger partial charge in [-0.05, 0) is 31.5 Å². The normalized spacial score (nSPS) is 10.4. The fourth-order valence-electron chi connectivity index (χ4n) is 1.55. The van der Waals surface area contributed by atoms with Crippen molar-refractivity contribution in [1.29, 1.82) is 0 Å². The standard InChI is InChI=1S/C12H14ClN3/c1-3-16-8-7-14-12(16)15-11-6-4-5-10(13)9(11)2/h4-8H,3H2,1-2H3,(H,14,15). The molecule has 0 saturated carbocycles. The van der Waals surface area contributed by atoms with Crippen LogP contribution in [0, 0.1) is 6.92 Å². The van der Waals surface area contributed by atoms with E-state index in [1.165, 1.54) is 0 Å². The van der Waals surface area contributed by atoms with Crippen LogP contribution in [0.15, 0.2) is 30.6 Å². The Bertz CT molecular complexity index is 491. The maximum Gasteiger partial charge on any atom is 0.207 e. The first-order valence-electron chi connectivity index (χ1n) is 5.25. The number of hydrogen-bond acceptors (Lipinski definition) is 2. The summed E-state index contributed by atoms with van der Waals surface area (Å²) in [7, 11) is 0. The van der Waals surface area contributed by atoms with E-state index >= 15 is 0 Å². The first-order chi connectivity index (χ1) is 7.72. The number of nitrogens with one attached hydrogen (secondary N) is 1. The molecule has 1 aromatic carbocycles. The molecular weight excluding hydrogens is 222 g/mol. The van der Waals surface area contributed by atoms with Gasteiger partial charge >= 0.3 is 0 Å². The minimum absolute atomic E-state index is 0.764. The van der Waals surface area contributed by atoms with E-state index in [2.05, 4.69) is 17.2 Å². The highest BCUT2D eigenvalue weighted by Gasteiger charge is 2.05. The molecule has 4 heteroatoms. The molecule has 0 spiro atoms. The van der Waals surface area contributed by atoms with Crippen molar-refractivity contribution in [3.63, 3.8) is 0 Å². The molecule has 3 nitrogen and oxygen atoms in total. The summed E-state index contributed by atoms with van der Waals surface area (Å²) in [4.78, 5) is 4.26. The second-order valence-electron chi connectivity index (χ2n) is 3.57. The zero-order valence-electron chi connectivity index (χ0n) is 9.37. The number of hydrogen-bond donors (Lipinski definition) is 1. The SMILES string of the molecule is CCn1ccnc1Nc1cccc(Cl)c1C. The number of imidazole rings is 1. The number of aromatic nitrogens is 2. The molecule has 0 atom stereocenters. The summed E-state index contributed by atoms with van der Waals surface area (Å²) >= 11 is 6.06. The highest BCUT2D eigenvalue weighted by molar-refractivity contribution is 6.31. The predicted molar refractivity (Wildman–Crippen MR) is 67.4 cm³/mol. The van der Waals surface area contributed by atoms with Crippen molar-refractivity contribution in [2.75, 3.05) is 5.32 Å². The van der Waals surface area contributed by atoms with E-state index < -0.39 is 0 Å². The maximum atomic E-state index is 6.06. The number of halogens is 1. The summed E-state index contributed by atoms with van der Waals surface area (Å²) < 4.78 is 2.04. The van der Waals surface area contributed by atoms with Crippen molar-refractivity contribution in [3.05, 3.63) is 41.2 Å². The first kappa shape index (κ1) is 11.0. The zero-order chi connectivity index (χ0) is 11.5. The molecule has 84 valence electrons. The van der Waals surface area contributed by atoms with E-state index in [1.54, 1.807) is 6.20 Å². The van der Waals surface area contributed by atoms with E-state index in [1.807, 2.05) is 35.9 Å². The lowest BCUT2D eigenvalue weighted by molar-refractivity contribution is 0.771. The van der Waals surface area contributed by atoms with Crippen LogP contribution in [0.2, 0.25) is 5.02 Å². The lowest BCUT2D eigenvalue weighted by atomic mass is 10.2. The van der Waals surface area contributed by atoms with Gasteiger partial charge in [0.2, 0.25) is 5.95 Å². The van der Waals surface area contributed by atoms with Crippen LogP contribution in [0.3, 0.4) is 0 Å². The molecule has 2 aromatic rings. The minimum atomic E-state index is 0.764. The van der Waals surface area contributed by atoms with Crippen LogP contribution < -0.4 is 5.32 Å². The van der Waals surface area contributed by atoms with E-state index in [4.69, 9.17) is 11.6 Å². The summed E-state index contributed by atoms with van der Waals surface area (Å²) in [5, 5.41) is 4.04. The lowest BCUT2D eigenvalue weighted by Crippen LogP contribution is -2.02. The van der Waals surface area contributed by atoms with Crippen molar-refractivity contribution in [2.45, 2.75) is 20.4 Å². The Kier molecular flexibility index (Phi) is 3.15. The Balaban J connectivity index is 2.30. The van der Waals surface area contributed by atoms with Crippen LogP contribution in [0.4, 0.5) is 11.6 Å². The largest absolute Gasteiger partial charge is 0.325 e. The van der Waals surface area contributed by atoms with Gasteiger partial charge in [-0.2, -0.15) is 0 Å². The molecule has 0 aliphatic carbocycles. The fourth-order valence-corrected chi connectivity index (χ4v) is 1.73. The van der Waals surface area contributed by atoms with Gasteiger partial charge in [-0.1, -0.05) is 17.7 Å². The number of benzene rings is 1. The van der Waals surface area contributed by atoms with Gasteiger partial charge in [0.25, 0.3) is 0 Å². The van der Waals surface area contributed by atoms with Gasteiger partial charge in [0.1, 0.15) is 0 Å². The highest BCUT2D eigenvalue weighted by Crippen LogP contribution is 2.25. The van der Waals surface area contributed by atoms with Crippen LogP contribution in [0.25, 0.3) is 0 Å². The van der Waals surface area contributed by atoms with Crippen LogP contribution in [0.1, 0.15) is 12.5 Å². The summed E-state index contributed by atoms with van der Waals surface area (Å²) in [6, 6.07) is 5.81. The van der Waals surface area contributed by atoms with Gasteiger partial charge in [0, 0.05) is 29.6 Å². The Morgan fingerprint density at radius 3 is 3.00 bits per heavy atom. The second-order valence-corrected chi connectivity index (χ2v) is 3.98. The molecule has 1 heterocycles. The monoisotopic (exact) mass is 235 g/mol. The van der Waals surface area contributed by atoms with Gasteiger partial charge in [0.05, 0.1) is 0 Å². The average Bonchev–Trinajstić information content (AvgIpc) is 2.72. The van der Waals surface area contributed by atoms with Crippen molar-refractivity contribution >= 4 is 23.2 Å². The minimum Gasteiger partial charge on any atom is -0.325 e. The van der Waals surface area contributed by atoms with Crippen LogP contribution >= 0.6 is 11.6 Å². The number of rotatable bonds is 3. The molecule has 16 heavy (non-hydrogen) atoms. The summed E-state index contributed by atoms with van der Waals surface area (Å²) in [6.45, 7) is 4.96. The molecule has 0 amide bonds. The maximum absolute atomic E-state index is 6.06. The summed E-state index contributed by atoms with van der Waals surface area (Å²) in [6.07, 6.45) is 3.73. The molecule has 0 aliphatic rings. The van der Waals surface area contributed by atoms with Gasteiger partial charge in [-0.15, -0.1) is 0 Å². The third-order valence-corrected chi connectivity index (χ3v) is 2.98. The second kappa shape index (κ2) is 4.58. The summed E-state index contributed by atoms with van der Waals surface area (Å²) in [5.41, 5.74) is 2.03. The van der Waals surface area contributed by atoms with Gasteiger partial charge in [0.15, 0.2) is 0 Å². The van der Waals surface area contributed by atoms with Crippen LogP contribution in [-0.4, -0.2) is 9.55 Å². The zero-order valence-corrected chi connectivity index (χ0v) is 10.1. The third-order valence-electron chi connectivity index (χ3n) is 2.57. The Hall–Kier alpha value is -1.48. The van der Waals surface area contributed by atoms with Crippen molar-refractivity contribution in [3.8, 4) is 0 Å². The smallest absolute Gasteiger partial charge is 0.207 e. The van der Waals surface area contributed by atoms with Crippen LogP contribution in [0.5, 0.6) is 0 Å². The van der Waals surface area contributed by atoms with Gasteiger partial charge in [-0.3, -0.25) is 0 Å². The topological polar surface area (TPSA) is 29.9 Å². The lowest BCUT2D eigenvalue weighted by Gasteiger charge is -2.11. The Morgan fingerprint density at radius 2 is 2.25 bits per heavy atom. The fraction of sp³-hybridized carbons (Fsp3) is 0.250. The Labute approximate surface area is 100 Å². The molecule has 1 N–H and O–H groups in total. The van der Waals surface area contributed by atoms with Crippen LogP contribution in [-0.2, 0) is 6.54 Å². The predicted octanol–water partition coefficient (Wildman–Crippen LogP) is 3.61. The van der Waals surface area contributed by atoms with Crippen molar-refractivity contribution in [1.82, 2.24) is 9.55 Å². The van der Waals surface area contributed by atoms with Crippen molar-refractivity contribution in [2.24, 2.45) is 0 Å². The van der Waals surface area contributed by atoms with E-state index in [0.29, 0.717) is 0 Å². The number of anilines is 2. The van der Waals surface area contributed by atoms with Crippen molar-refractivity contribution < 1.29 is 0 Å². The third kappa shape index (κ3) is 2.04. The molecule has 2 rings (SSSR count). The van der Waals surface area contributed by atoms with E-state index in [-0.39, 0.29) is 0 Å². The molecular formula is C12H14ClN3. The number of nitrogens with zero attached hydrogens (tertiary/aromatic N) is 2. The quantitative estimate of drug-likeness (QED) is 0.881. The molecule has 0 radical (unpaired) electrons. The molecule has 0 unspecified atom stereocenters. The first-order valence-corrected chi connectivity index (χ1v) is 5.63. The van der Waals surface area contributed by atoms with Gasteiger partial charge < -0.3 is 9.88 Å². The molecule has 0 bridgehead atoms. The Morgan fingerprint density at radius 1 is 1.44 bits per heavy atom. The average molecular weight is 236 g/mol. The molecule has 0 fully saturated rings. The van der Waals surface area contributed by atoms with Gasteiger partial charge in [-0.25, -0.2) is 4.98 Å². The molecule has 0 aliphatic heterocycles. The van der Waals surface area contributed by atoms with E-state index in [9.17, 15) is 0 Å². The molecule has 0 saturated heterocycles. The molecule has 1 aromatic heterocycles. The van der Waals surface area contributed by atoms with E-state index in [0.717, 1.165) is 28.8 Å². The number of aryl methyl sites for hydroxylation is 1. The highest BCUT2D eigenvalue weighted by atomic mass is 35.5. The summed E-state index contributed by atoms with van der Waals surface area (Å²) in [5.74, 6) is 0.841.